The SMILES string of the molecule is Cc1nnc(N2CCCC(C)C2CN)s1. The molecule has 2 unspecified atom stereocenters. The van der Waals surface area contributed by atoms with Crippen molar-refractivity contribution >= 4 is 16.5 Å². The molecule has 0 aromatic carbocycles. The standard InChI is InChI=1S/C10H18N4S/c1-7-4-3-5-14(9(7)6-11)10-13-12-8(2)15-10/h7,9H,3-6,11H2,1-2H3. The molecule has 0 aliphatic carbocycles. The summed E-state index contributed by atoms with van der Waals surface area (Å²) in [5.41, 5.74) is 5.84. The highest BCUT2D eigenvalue weighted by atomic mass is 32.1. The molecule has 15 heavy (non-hydrogen) atoms. The van der Waals surface area contributed by atoms with Crippen molar-refractivity contribution in [3.8, 4) is 0 Å². The van der Waals surface area contributed by atoms with Gasteiger partial charge >= 0.3 is 0 Å². The highest BCUT2D eigenvalue weighted by Gasteiger charge is 2.29. The number of piperidine rings is 1. The third-order valence-electron chi connectivity index (χ3n) is 3.12. The van der Waals surface area contributed by atoms with Crippen LogP contribution < -0.4 is 10.6 Å². The van der Waals surface area contributed by atoms with E-state index in [0.717, 1.165) is 16.7 Å². The van der Waals surface area contributed by atoms with Crippen LogP contribution in [0.3, 0.4) is 0 Å². The zero-order valence-corrected chi connectivity index (χ0v) is 10.1. The summed E-state index contributed by atoms with van der Waals surface area (Å²) in [6.07, 6.45) is 2.51. The maximum Gasteiger partial charge on any atom is 0.208 e. The summed E-state index contributed by atoms with van der Waals surface area (Å²) in [5.74, 6) is 0.660. The second-order valence-corrected chi connectivity index (χ2v) is 5.38. The van der Waals surface area contributed by atoms with Gasteiger partial charge in [-0.25, -0.2) is 0 Å². The van der Waals surface area contributed by atoms with Crippen LogP contribution in [0, 0.1) is 12.8 Å². The second kappa shape index (κ2) is 4.45. The summed E-state index contributed by atoms with van der Waals surface area (Å²) in [5, 5.41) is 10.3. The Morgan fingerprint density at radius 1 is 1.53 bits per heavy atom. The van der Waals surface area contributed by atoms with E-state index in [9.17, 15) is 0 Å². The average molecular weight is 226 g/mol. The number of nitrogens with two attached hydrogens (primary N) is 1. The maximum absolute atomic E-state index is 5.84. The Kier molecular flexibility index (Phi) is 3.21. The van der Waals surface area contributed by atoms with Gasteiger partial charge in [0.2, 0.25) is 5.13 Å². The molecule has 0 amide bonds. The molecule has 2 N–H and O–H groups in total. The van der Waals surface area contributed by atoms with E-state index in [1.54, 1.807) is 11.3 Å². The van der Waals surface area contributed by atoms with E-state index in [1.165, 1.54) is 12.8 Å². The van der Waals surface area contributed by atoms with E-state index in [4.69, 9.17) is 5.73 Å². The molecule has 0 bridgehead atoms. The Labute approximate surface area is 94.5 Å². The van der Waals surface area contributed by atoms with Gasteiger partial charge < -0.3 is 10.6 Å². The molecule has 84 valence electrons. The molecule has 1 aromatic rings. The van der Waals surface area contributed by atoms with E-state index in [2.05, 4.69) is 22.0 Å². The third kappa shape index (κ3) is 2.13. The predicted molar refractivity (Wildman–Crippen MR) is 63.2 cm³/mol. The fourth-order valence-electron chi connectivity index (χ4n) is 2.25. The number of hydrogen-bond acceptors (Lipinski definition) is 5. The van der Waals surface area contributed by atoms with E-state index in [-0.39, 0.29) is 0 Å². The summed E-state index contributed by atoms with van der Waals surface area (Å²) in [6, 6.07) is 0.436. The lowest BCUT2D eigenvalue weighted by molar-refractivity contribution is 0.349. The topological polar surface area (TPSA) is 55.0 Å². The molecule has 5 heteroatoms. The second-order valence-electron chi connectivity index (χ2n) is 4.22. The monoisotopic (exact) mass is 226 g/mol. The first kappa shape index (κ1) is 10.8. The van der Waals surface area contributed by atoms with Crippen LogP contribution in [0.1, 0.15) is 24.8 Å². The first-order valence-electron chi connectivity index (χ1n) is 5.49. The van der Waals surface area contributed by atoms with Crippen LogP contribution in [0.4, 0.5) is 5.13 Å². The van der Waals surface area contributed by atoms with Gasteiger partial charge in [-0.2, -0.15) is 0 Å². The fourth-order valence-corrected chi connectivity index (χ4v) is 3.02. The molecule has 2 heterocycles. The van der Waals surface area contributed by atoms with Crippen molar-refractivity contribution in [3.63, 3.8) is 0 Å². The van der Waals surface area contributed by atoms with Gasteiger partial charge in [-0.05, 0) is 25.7 Å². The maximum atomic E-state index is 5.84. The molecule has 2 rings (SSSR count). The Bertz CT molecular complexity index is 325. The van der Waals surface area contributed by atoms with E-state index < -0.39 is 0 Å². The van der Waals surface area contributed by atoms with Crippen LogP contribution in [0.5, 0.6) is 0 Å². The highest BCUT2D eigenvalue weighted by molar-refractivity contribution is 7.15. The molecule has 1 fully saturated rings. The minimum atomic E-state index is 0.436. The fraction of sp³-hybridized carbons (Fsp3) is 0.800. The Morgan fingerprint density at radius 3 is 2.93 bits per heavy atom. The molecule has 1 aliphatic heterocycles. The van der Waals surface area contributed by atoms with Crippen molar-refractivity contribution in [2.45, 2.75) is 32.7 Å². The summed E-state index contributed by atoms with van der Waals surface area (Å²) >= 11 is 1.66. The van der Waals surface area contributed by atoms with Crippen LogP contribution in [0.25, 0.3) is 0 Å². The Hall–Kier alpha value is -0.680. The molecule has 0 radical (unpaired) electrons. The van der Waals surface area contributed by atoms with Crippen molar-refractivity contribution in [2.24, 2.45) is 11.7 Å². The zero-order chi connectivity index (χ0) is 10.8. The molecular weight excluding hydrogens is 208 g/mol. The van der Waals surface area contributed by atoms with Crippen molar-refractivity contribution in [1.82, 2.24) is 10.2 Å². The van der Waals surface area contributed by atoms with Crippen LogP contribution in [0.2, 0.25) is 0 Å². The molecule has 0 saturated carbocycles. The molecule has 4 nitrogen and oxygen atoms in total. The van der Waals surface area contributed by atoms with Gasteiger partial charge in [0.25, 0.3) is 0 Å². The van der Waals surface area contributed by atoms with Gasteiger partial charge in [0.15, 0.2) is 0 Å². The minimum absolute atomic E-state index is 0.436. The third-order valence-corrected chi connectivity index (χ3v) is 3.99. The number of nitrogens with zero attached hydrogens (tertiary/aromatic N) is 3. The number of aromatic nitrogens is 2. The van der Waals surface area contributed by atoms with Crippen molar-refractivity contribution < 1.29 is 0 Å². The van der Waals surface area contributed by atoms with Gasteiger partial charge in [-0.15, -0.1) is 10.2 Å². The summed E-state index contributed by atoms with van der Waals surface area (Å²) in [7, 11) is 0. The zero-order valence-electron chi connectivity index (χ0n) is 9.31. The molecule has 1 aliphatic rings. The summed E-state index contributed by atoms with van der Waals surface area (Å²) in [4.78, 5) is 2.33. The summed E-state index contributed by atoms with van der Waals surface area (Å²) < 4.78 is 0. The van der Waals surface area contributed by atoms with Crippen LogP contribution in [0.15, 0.2) is 0 Å². The minimum Gasteiger partial charge on any atom is -0.342 e. The van der Waals surface area contributed by atoms with Crippen LogP contribution >= 0.6 is 11.3 Å². The molecule has 2 atom stereocenters. The highest BCUT2D eigenvalue weighted by Crippen LogP contribution is 2.29. The average Bonchev–Trinajstić information content (AvgIpc) is 2.64. The number of hydrogen-bond donors (Lipinski definition) is 1. The predicted octanol–water partition coefficient (Wildman–Crippen LogP) is 1.41. The van der Waals surface area contributed by atoms with Gasteiger partial charge in [0.05, 0.1) is 0 Å². The lowest BCUT2D eigenvalue weighted by Gasteiger charge is -2.39. The molecule has 0 spiro atoms. The first-order valence-corrected chi connectivity index (χ1v) is 6.31. The Balaban J connectivity index is 2.19. The van der Waals surface area contributed by atoms with Crippen LogP contribution in [-0.4, -0.2) is 29.3 Å². The smallest absolute Gasteiger partial charge is 0.208 e. The molecular formula is C10H18N4S. The van der Waals surface area contributed by atoms with Gasteiger partial charge in [-0.1, -0.05) is 18.3 Å². The largest absolute Gasteiger partial charge is 0.342 e. The van der Waals surface area contributed by atoms with Crippen LogP contribution in [-0.2, 0) is 0 Å². The number of anilines is 1. The lowest BCUT2D eigenvalue weighted by atomic mass is 9.91. The Morgan fingerprint density at radius 2 is 2.33 bits per heavy atom. The van der Waals surface area contributed by atoms with Gasteiger partial charge in [-0.3, -0.25) is 0 Å². The van der Waals surface area contributed by atoms with Gasteiger partial charge in [0, 0.05) is 19.1 Å². The van der Waals surface area contributed by atoms with Crippen molar-refractivity contribution in [1.29, 1.82) is 0 Å². The summed E-state index contributed by atoms with van der Waals surface area (Å²) in [6.45, 7) is 6.05. The van der Waals surface area contributed by atoms with Crippen molar-refractivity contribution in [2.75, 3.05) is 18.0 Å². The van der Waals surface area contributed by atoms with Crippen molar-refractivity contribution in [3.05, 3.63) is 5.01 Å². The number of rotatable bonds is 2. The van der Waals surface area contributed by atoms with E-state index in [1.807, 2.05) is 6.92 Å². The molecule has 1 saturated heterocycles. The van der Waals surface area contributed by atoms with E-state index >= 15 is 0 Å². The molecule has 1 aromatic heterocycles. The van der Waals surface area contributed by atoms with Gasteiger partial charge in [0.1, 0.15) is 5.01 Å². The number of aryl methyl sites for hydroxylation is 1. The lowest BCUT2D eigenvalue weighted by Crippen LogP contribution is -2.48. The first-order chi connectivity index (χ1) is 7.22. The van der Waals surface area contributed by atoms with E-state index in [0.29, 0.717) is 18.5 Å². The quantitative estimate of drug-likeness (QED) is 0.828. The normalized spacial score (nSPS) is 27.0.